The fourth-order valence-corrected chi connectivity index (χ4v) is 3.32. The van der Waals surface area contributed by atoms with Gasteiger partial charge in [-0.1, -0.05) is 18.2 Å². The molecule has 0 radical (unpaired) electrons. The van der Waals surface area contributed by atoms with E-state index in [2.05, 4.69) is 5.32 Å². The van der Waals surface area contributed by atoms with Crippen LogP contribution in [-0.2, 0) is 9.59 Å². The van der Waals surface area contributed by atoms with Gasteiger partial charge in [0.1, 0.15) is 0 Å². The summed E-state index contributed by atoms with van der Waals surface area (Å²) in [5, 5.41) is 21.3. The molecule has 30 heavy (non-hydrogen) atoms. The lowest BCUT2D eigenvalue weighted by molar-refractivity contribution is -0.136. The molecule has 1 aliphatic rings. The van der Waals surface area contributed by atoms with Crippen LogP contribution < -0.4 is 10.1 Å². The molecule has 2 aromatic rings. The smallest absolute Gasteiger partial charge is 0.305 e. The molecule has 1 unspecified atom stereocenters. The molecule has 156 valence electrons. The van der Waals surface area contributed by atoms with Crippen molar-refractivity contribution in [1.82, 2.24) is 10.2 Å². The van der Waals surface area contributed by atoms with Crippen molar-refractivity contribution < 1.29 is 34.1 Å². The zero-order valence-electron chi connectivity index (χ0n) is 16.1. The molecule has 9 heteroatoms. The van der Waals surface area contributed by atoms with Crippen LogP contribution in [-0.4, -0.2) is 52.5 Å². The fourth-order valence-electron chi connectivity index (χ4n) is 3.32. The zero-order chi connectivity index (χ0) is 21.8. The maximum absolute atomic E-state index is 12.9. The molecule has 0 spiro atoms. The highest BCUT2D eigenvalue weighted by molar-refractivity contribution is 6.21. The van der Waals surface area contributed by atoms with Gasteiger partial charge in [0.05, 0.1) is 37.1 Å². The maximum atomic E-state index is 12.9. The minimum Gasteiger partial charge on any atom is -0.504 e. The minimum atomic E-state index is -1.06. The molecular formula is C21H20N2O7. The number of hydrogen-bond acceptors (Lipinski definition) is 6. The highest BCUT2D eigenvalue weighted by atomic mass is 16.5. The van der Waals surface area contributed by atoms with E-state index in [9.17, 15) is 24.3 Å². The predicted octanol–water partition coefficient (Wildman–Crippen LogP) is 1.72. The van der Waals surface area contributed by atoms with Gasteiger partial charge in [0.15, 0.2) is 11.5 Å². The molecule has 0 bridgehead atoms. The molecule has 2 aromatic carbocycles. The number of phenols is 1. The van der Waals surface area contributed by atoms with Gasteiger partial charge in [0, 0.05) is 6.54 Å². The van der Waals surface area contributed by atoms with E-state index < -0.39 is 29.7 Å². The van der Waals surface area contributed by atoms with Gasteiger partial charge in [0.2, 0.25) is 5.91 Å². The van der Waals surface area contributed by atoms with E-state index in [1.165, 1.54) is 31.4 Å². The topological polar surface area (TPSA) is 133 Å². The van der Waals surface area contributed by atoms with Crippen molar-refractivity contribution in [3.63, 3.8) is 0 Å². The summed E-state index contributed by atoms with van der Waals surface area (Å²) in [4.78, 5) is 49.9. The van der Waals surface area contributed by atoms with E-state index in [1.807, 2.05) is 0 Å². The summed E-state index contributed by atoms with van der Waals surface area (Å²) in [6.45, 7) is -0.0864. The van der Waals surface area contributed by atoms with Crippen LogP contribution in [0.15, 0.2) is 42.5 Å². The highest BCUT2D eigenvalue weighted by Crippen LogP contribution is 2.36. The summed E-state index contributed by atoms with van der Waals surface area (Å²) in [6, 6.07) is 9.70. The standard InChI is InChI=1S/C21H20N2O7/c1-30-17-7-6-12(10-16(17)24)15(11-18(25)22-9-8-19(26)27)23-20(28)13-4-2-3-5-14(13)21(23)29/h2-7,10,15,24H,8-9,11H2,1H3,(H,22,25)(H,26,27). The number of amides is 3. The summed E-state index contributed by atoms with van der Waals surface area (Å²) in [6.07, 6.45) is -0.552. The van der Waals surface area contributed by atoms with Gasteiger partial charge in [-0.25, -0.2) is 0 Å². The number of hydrogen-bond donors (Lipinski definition) is 3. The van der Waals surface area contributed by atoms with Gasteiger partial charge in [-0.3, -0.25) is 24.1 Å². The van der Waals surface area contributed by atoms with Gasteiger partial charge < -0.3 is 20.3 Å². The predicted molar refractivity (Wildman–Crippen MR) is 104 cm³/mol. The zero-order valence-corrected chi connectivity index (χ0v) is 16.1. The monoisotopic (exact) mass is 412 g/mol. The van der Waals surface area contributed by atoms with E-state index >= 15 is 0 Å². The number of phenolic OH excluding ortho intramolecular Hbond substituents is 1. The van der Waals surface area contributed by atoms with Crippen LogP contribution in [0.5, 0.6) is 11.5 Å². The summed E-state index contributed by atoms with van der Waals surface area (Å²) in [7, 11) is 1.38. The first-order chi connectivity index (χ1) is 14.3. The van der Waals surface area contributed by atoms with Crippen LogP contribution >= 0.6 is 0 Å². The molecule has 1 aliphatic heterocycles. The Labute approximate surface area is 171 Å². The number of carboxylic acid groups (broad SMARTS) is 1. The van der Waals surface area contributed by atoms with Crippen molar-refractivity contribution >= 4 is 23.7 Å². The van der Waals surface area contributed by atoms with Crippen molar-refractivity contribution in [2.75, 3.05) is 13.7 Å². The summed E-state index contributed by atoms with van der Waals surface area (Å²) < 4.78 is 5.02. The Kier molecular flexibility index (Phi) is 6.01. The third kappa shape index (κ3) is 4.09. The number of aliphatic carboxylic acids is 1. The second-order valence-electron chi connectivity index (χ2n) is 6.67. The van der Waals surface area contributed by atoms with Gasteiger partial charge in [-0.15, -0.1) is 0 Å². The van der Waals surface area contributed by atoms with Crippen molar-refractivity contribution in [2.45, 2.75) is 18.9 Å². The van der Waals surface area contributed by atoms with Crippen LogP contribution in [0.3, 0.4) is 0 Å². The number of carbonyl (C=O) groups is 4. The lowest BCUT2D eigenvalue weighted by Crippen LogP contribution is -2.38. The quantitative estimate of drug-likeness (QED) is 0.562. The molecule has 1 heterocycles. The van der Waals surface area contributed by atoms with Gasteiger partial charge in [-0.05, 0) is 29.8 Å². The largest absolute Gasteiger partial charge is 0.504 e. The first kappa shape index (κ1) is 20.8. The number of fused-ring (bicyclic) bond motifs is 1. The van der Waals surface area contributed by atoms with Crippen molar-refractivity contribution in [1.29, 1.82) is 0 Å². The molecule has 1 atom stereocenters. The summed E-state index contributed by atoms with van der Waals surface area (Å²) in [5.41, 5.74) is 0.823. The molecule has 9 nitrogen and oxygen atoms in total. The van der Waals surface area contributed by atoms with E-state index in [4.69, 9.17) is 9.84 Å². The van der Waals surface area contributed by atoms with Crippen molar-refractivity contribution in [3.05, 3.63) is 59.2 Å². The van der Waals surface area contributed by atoms with Crippen LogP contribution in [0.2, 0.25) is 0 Å². The van der Waals surface area contributed by atoms with E-state index in [0.29, 0.717) is 5.56 Å². The Bertz CT molecular complexity index is 983. The van der Waals surface area contributed by atoms with Crippen LogP contribution in [0.1, 0.15) is 45.2 Å². The molecule has 0 saturated carbocycles. The molecule has 3 N–H and O–H groups in total. The molecule has 0 saturated heterocycles. The Morgan fingerprint density at radius 2 is 1.73 bits per heavy atom. The van der Waals surface area contributed by atoms with Gasteiger partial charge >= 0.3 is 5.97 Å². The van der Waals surface area contributed by atoms with Crippen LogP contribution in [0.25, 0.3) is 0 Å². The number of benzene rings is 2. The van der Waals surface area contributed by atoms with Crippen molar-refractivity contribution in [3.8, 4) is 11.5 Å². The first-order valence-electron chi connectivity index (χ1n) is 9.15. The molecule has 0 aliphatic carbocycles. The average molecular weight is 412 g/mol. The second kappa shape index (κ2) is 8.64. The summed E-state index contributed by atoms with van der Waals surface area (Å²) >= 11 is 0. The molecule has 3 rings (SSSR count). The number of rotatable bonds is 8. The lowest BCUT2D eigenvalue weighted by Gasteiger charge is -2.26. The van der Waals surface area contributed by atoms with Gasteiger partial charge in [-0.2, -0.15) is 0 Å². The molecular weight excluding hydrogens is 392 g/mol. The van der Waals surface area contributed by atoms with Crippen molar-refractivity contribution in [2.24, 2.45) is 0 Å². The Morgan fingerprint density at radius 1 is 1.10 bits per heavy atom. The fraction of sp³-hybridized carbons (Fsp3) is 0.238. The van der Waals surface area contributed by atoms with E-state index in [0.717, 1.165) is 4.90 Å². The Morgan fingerprint density at radius 3 is 2.27 bits per heavy atom. The Hall–Kier alpha value is -3.88. The third-order valence-electron chi connectivity index (χ3n) is 4.76. The average Bonchev–Trinajstić information content (AvgIpc) is 2.96. The highest BCUT2D eigenvalue weighted by Gasteiger charge is 2.41. The number of nitrogens with one attached hydrogen (secondary N) is 1. The van der Waals surface area contributed by atoms with Crippen LogP contribution in [0, 0.1) is 0 Å². The second-order valence-corrected chi connectivity index (χ2v) is 6.67. The number of methoxy groups -OCH3 is 1. The number of carbonyl (C=O) groups excluding carboxylic acids is 3. The molecule has 0 aromatic heterocycles. The van der Waals surface area contributed by atoms with Gasteiger partial charge in [0.25, 0.3) is 11.8 Å². The molecule has 0 fully saturated rings. The lowest BCUT2D eigenvalue weighted by atomic mass is 10.0. The van der Waals surface area contributed by atoms with E-state index in [1.54, 1.807) is 18.2 Å². The van der Waals surface area contributed by atoms with E-state index in [-0.39, 0.29) is 42.0 Å². The SMILES string of the molecule is COc1ccc(C(CC(=O)NCCC(=O)O)N2C(=O)c3ccccc3C2=O)cc1O. The number of nitrogens with zero attached hydrogens (tertiary/aromatic N) is 1. The number of imide groups is 1. The number of carboxylic acids is 1. The molecule has 3 amide bonds. The minimum absolute atomic E-state index is 0.0864. The normalized spacial score (nSPS) is 13.7. The third-order valence-corrected chi connectivity index (χ3v) is 4.76. The Balaban J connectivity index is 1.93. The number of ether oxygens (including phenoxy) is 1. The maximum Gasteiger partial charge on any atom is 0.305 e. The summed E-state index contributed by atoms with van der Waals surface area (Å²) in [5.74, 6) is -2.70. The number of aromatic hydroxyl groups is 1. The van der Waals surface area contributed by atoms with Crippen LogP contribution in [0.4, 0.5) is 0 Å². The first-order valence-corrected chi connectivity index (χ1v) is 9.15.